The number of fused-ring (bicyclic) bond motifs is 1. The molecule has 0 aromatic heterocycles. The Bertz CT molecular complexity index is 482. The van der Waals surface area contributed by atoms with Crippen molar-refractivity contribution in [3.8, 4) is 6.07 Å². The van der Waals surface area contributed by atoms with Crippen LogP contribution in [0.15, 0.2) is 30.0 Å². The quantitative estimate of drug-likeness (QED) is 0.460. The Kier molecular flexibility index (Phi) is 2.52. The molecule has 0 heterocycles. The molecule has 0 N–H and O–H groups in total. The highest BCUT2D eigenvalue weighted by atomic mass is 14.7. The highest BCUT2D eigenvalue weighted by Gasteiger charge is 2.16. The topological polar surface area (TPSA) is 28.1 Å². The van der Waals surface area contributed by atoms with Crippen molar-refractivity contribution in [3.05, 3.63) is 52.5 Å². The molecule has 0 spiro atoms. The third-order valence-corrected chi connectivity index (χ3v) is 2.72. The van der Waals surface area contributed by atoms with Crippen molar-refractivity contribution in [2.24, 2.45) is 0 Å². The Hall–Kier alpha value is -2.06. The van der Waals surface area contributed by atoms with Crippen LogP contribution in [0.1, 0.15) is 24.0 Å². The standard InChI is InChI=1S/C13H10N2/c1-15-13(9-14)12-8-4-6-10-5-2-3-7-11(10)12/h2-3,5,7H,4,6,8H2. The number of rotatable bonds is 0. The van der Waals surface area contributed by atoms with E-state index in [2.05, 4.69) is 10.9 Å². The molecule has 0 saturated heterocycles. The van der Waals surface area contributed by atoms with Crippen LogP contribution in [-0.2, 0) is 6.42 Å². The average Bonchev–Trinajstić information content (AvgIpc) is 2.31. The number of allylic oxidation sites excluding steroid dienone is 2. The number of hydrogen-bond donors (Lipinski definition) is 0. The molecule has 0 amide bonds. The maximum Gasteiger partial charge on any atom is 0.265 e. The summed E-state index contributed by atoms with van der Waals surface area (Å²) in [6.45, 7) is 6.98. The molecular formula is C13H10N2. The zero-order valence-corrected chi connectivity index (χ0v) is 8.33. The van der Waals surface area contributed by atoms with Gasteiger partial charge in [-0.05, 0) is 36.0 Å². The lowest BCUT2D eigenvalue weighted by atomic mass is 9.86. The van der Waals surface area contributed by atoms with Gasteiger partial charge >= 0.3 is 0 Å². The lowest BCUT2D eigenvalue weighted by Crippen LogP contribution is -2.02. The summed E-state index contributed by atoms with van der Waals surface area (Å²) in [5, 5.41) is 8.88. The summed E-state index contributed by atoms with van der Waals surface area (Å²) < 4.78 is 0. The van der Waals surface area contributed by atoms with Gasteiger partial charge in [0.1, 0.15) is 0 Å². The van der Waals surface area contributed by atoms with E-state index in [1.165, 1.54) is 5.56 Å². The number of hydrogen-bond acceptors (Lipinski definition) is 1. The van der Waals surface area contributed by atoms with Crippen molar-refractivity contribution >= 4 is 5.57 Å². The van der Waals surface area contributed by atoms with Gasteiger partial charge < -0.3 is 0 Å². The summed E-state index contributed by atoms with van der Waals surface area (Å²) in [6, 6.07) is 10.0. The van der Waals surface area contributed by atoms with Gasteiger partial charge in [0.15, 0.2) is 0 Å². The van der Waals surface area contributed by atoms with Crippen LogP contribution in [-0.4, -0.2) is 0 Å². The molecule has 2 rings (SSSR count). The molecule has 72 valence electrons. The van der Waals surface area contributed by atoms with Gasteiger partial charge in [0, 0.05) is 0 Å². The van der Waals surface area contributed by atoms with Crippen LogP contribution in [0, 0.1) is 17.9 Å². The fourth-order valence-corrected chi connectivity index (χ4v) is 2.03. The summed E-state index contributed by atoms with van der Waals surface area (Å²) in [5.74, 6) is 0. The molecular weight excluding hydrogens is 184 g/mol. The zero-order chi connectivity index (χ0) is 10.7. The Morgan fingerprint density at radius 1 is 1.33 bits per heavy atom. The normalized spacial score (nSPS) is 17.2. The van der Waals surface area contributed by atoms with E-state index in [9.17, 15) is 0 Å². The number of nitrogens with zero attached hydrogens (tertiary/aromatic N) is 2. The maximum absolute atomic E-state index is 8.88. The largest absolute Gasteiger partial charge is 0.265 e. The van der Waals surface area contributed by atoms with Crippen LogP contribution in [0.3, 0.4) is 0 Å². The molecule has 2 heteroatoms. The third-order valence-electron chi connectivity index (χ3n) is 2.72. The number of aryl methyl sites for hydroxylation is 1. The SMILES string of the molecule is [C-]#[N+]C(C#N)=C1CCCc2ccccc21. The second kappa shape index (κ2) is 3.98. The first-order valence-corrected chi connectivity index (χ1v) is 4.96. The van der Waals surface area contributed by atoms with Crippen LogP contribution in [0.2, 0.25) is 0 Å². The van der Waals surface area contributed by atoms with Crippen LogP contribution in [0.4, 0.5) is 0 Å². The van der Waals surface area contributed by atoms with E-state index in [0.717, 1.165) is 30.4 Å². The van der Waals surface area contributed by atoms with Crippen molar-refractivity contribution in [1.82, 2.24) is 0 Å². The lowest BCUT2D eigenvalue weighted by molar-refractivity contribution is 0.820. The molecule has 1 aliphatic rings. The van der Waals surface area contributed by atoms with Crippen LogP contribution in [0.25, 0.3) is 10.4 Å². The van der Waals surface area contributed by atoms with Gasteiger partial charge in [0.05, 0.1) is 12.6 Å². The molecule has 0 aliphatic heterocycles. The first-order chi connectivity index (χ1) is 7.36. The highest BCUT2D eigenvalue weighted by Crippen LogP contribution is 2.32. The van der Waals surface area contributed by atoms with Gasteiger partial charge in [0.25, 0.3) is 5.70 Å². The van der Waals surface area contributed by atoms with E-state index >= 15 is 0 Å². The first-order valence-electron chi connectivity index (χ1n) is 4.96. The van der Waals surface area contributed by atoms with Crippen molar-refractivity contribution in [2.75, 3.05) is 0 Å². The molecule has 1 aromatic carbocycles. The van der Waals surface area contributed by atoms with E-state index in [-0.39, 0.29) is 5.70 Å². The maximum atomic E-state index is 8.88. The number of benzene rings is 1. The summed E-state index contributed by atoms with van der Waals surface area (Å²) in [4.78, 5) is 3.30. The molecule has 15 heavy (non-hydrogen) atoms. The smallest absolute Gasteiger partial charge is 0.226 e. The Morgan fingerprint density at radius 2 is 2.13 bits per heavy atom. The average molecular weight is 194 g/mol. The highest BCUT2D eigenvalue weighted by molar-refractivity contribution is 5.76. The van der Waals surface area contributed by atoms with Crippen molar-refractivity contribution in [3.63, 3.8) is 0 Å². The molecule has 0 fully saturated rings. The van der Waals surface area contributed by atoms with Gasteiger partial charge in [-0.1, -0.05) is 24.3 Å². The predicted molar refractivity (Wildman–Crippen MR) is 58.5 cm³/mol. The van der Waals surface area contributed by atoms with Crippen LogP contribution >= 0.6 is 0 Å². The minimum atomic E-state index is 0.252. The second-order valence-electron chi connectivity index (χ2n) is 3.56. The van der Waals surface area contributed by atoms with Crippen molar-refractivity contribution in [2.45, 2.75) is 19.3 Å². The van der Waals surface area contributed by atoms with E-state index in [0.29, 0.717) is 0 Å². The van der Waals surface area contributed by atoms with Crippen molar-refractivity contribution in [1.29, 1.82) is 5.26 Å². The molecule has 1 aromatic rings. The first kappa shape index (κ1) is 9.49. The minimum Gasteiger partial charge on any atom is -0.226 e. The summed E-state index contributed by atoms with van der Waals surface area (Å²) >= 11 is 0. The van der Waals surface area contributed by atoms with E-state index in [4.69, 9.17) is 11.8 Å². The molecule has 0 unspecified atom stereocenters. The van der Waals surface area contributed by atoms with Crippen LogP contribution < -0.4 is 0 Å². The molecule has 0 radical (unpaired) electrons. The fraction of sp³-hybridized carbons (Fsp3) is 0.231. The predicted octanol–water partition coefficient (Wildman–Crippen LogP) is 3.18. The summed E-state index contributed by atoms with van der Waals surface area (Å²) in [5.41, 5.74) is 3.53. The fourth-order valence-electron chi connectivity index (χ4n) is 2.03. The Labute approximate surface area is 89.3 Å². The molecule has 0 atom stereocenters. The lowest BCUT2D eigenvalue weighted by Gasteiger charge is -2.18. The molecule has 1 aliphatic carbocycles. The second-order valence-corrected chi connectivity index (χ2v) is 3.56. The zero-order valence-electron chi connectivity index (χ0n) is 8.33. The Morgan fingerprint density at radius 3 is 2.87 bits per heavy atom. The van der Waals surface area contributed by atoms with Crippen molar-refractivity contribution < 1.29 is 0 Å². The van der Waals surface area contributed by atoms with Gasteiger partial charge in [-0.2, -0.15) is 0 Å². The third kappa shape index (κ3) is 1.63. The monoisotopic (exact) mass is 194 g/mol. The Balaban J connectivity index is 2.62. The number of nitriles is 1. The van der Waals surface area contributed by atoms with E-state index in [1.807, 2.05) is 24.3 Å². The van der Waals surface area contributed by atoms with Gasteiger partial charge in [-0.15, -0.1) is 0 Å². The van der Waals surface area contributed by atoms with Gasteiger partial charge in [-0.25, -0.2) is 10.1 Å². The van der Waals surface area contributed by atoms with Gasteiger partial charge in [0.2, 0.25) is 0 Å². The molecule has 2 nitrogen and oxygen atoms in total. The van der Waals surface area contributed by atoms with E-state index < -0.39 is 0 Å². The molecule has 0 bridgehead atoms. The molecule has 0 saturated carbocycles. The van der Waals surface area contributed by atoms with Crippen LogP contribution in [0.5, 0.6) is 0 Å². The van der Waals surface area contributed by atoms with E-state index in [1.54, 1.807) is 0 Å². The summed E-state index contributed by atoms with van der Waals surface area (Å²) in [6.07, 6.45) is 2.94. The summed E-state index contributed by atoms with van der Waals surface area (Å²) in [7, 11) is 0. The minimum absolute atomic E-state index is 0.252. The van der Waals surface area contributed by atoms with Gasteiger partial charge in [-0.3, -0.25) is 0 Å².